The molecule has 1 aromatic rings. The zero-order chi connectivity index (χ0) is 22.4. The van der Waals surface area contributed by atoms with Crippen molar-refractivity contribution in [2.45, 2.75) is 70.0 Å². The number of halogens is 1. The topological polar surface area (TPSA) is 81.8 Å². The second-order valence-electron chi connectivity index (χ2n) is 8.67. The molecule has 2 aliphatic rings. The molecule has 1 aromatic carbocycles. The lowest BCUT2D eigenvalue weighted by atomic mass is 9.99. The fraction of sp³-hybridized carbons (Fsp3) is 0.682. The summed E-state index contributed by atoms with van der Waals surface area (Å²) in [6.07, 6.45) is 5.37. The molecule has 0 saturated carbocycles. The van der Waals surface area contributed by atoms with Crippen LogP contribution < -0.4 is 10.9 Å². The molecule has 2 N–H and O–H groups in total. The van der Waals surface area contributed by atoms with Crippen LogP contribution in [-0.4, -0.2) is 61.5 Å². The van der Waals surface area contributed by atoms with Crippen molar-refractivity contribution in [3.05, 3.63) is 35.6 Å². The first-order valence-electron chi connectivity index (χ1n) is 11.3. The van der Waals surface area contributed by atoms with Gasteiger partial charge in [-0.1, -0.05) is 25.5 Å². The average molecular weight is 455 g/mol. The smallest absolute Gasteiger partial charge is 0.240 e. The van der Waals surface area contributed by atoms with E-state index in [1.165, 1.54) is 10.4 Å². The average Bonchev–Trinajstić information content (AvgIpc) is 3.22. The molecule has 3 atom stereocenters. The molecule has 0 bridgehead atoms. The Hall–Kier alpha value is -1.55. The quantitative estimate of drug-likeness (QED) is 0.599. The van der Waals surface area contributed by atoms with Crippen molar-refractivity contribution in [2.24, 2.45) is 0 Å². The summed E-state index contributed by atoms with van der Waals surface area (Å²) in [5, 5.41) is 0. The highest BCUT2D eigenvalue weighted by Crippen LogP contribution is 2.25. The Bertz CT molecular complexity index is 851. The van der Waals surface area contributed by atoms with Crippen molar-refractivity contribution in [1.82, 2.24) is 20.1 Å². The highest BCUT2D eigenvalue weighted by Gasteiger charge is 2.37. The fourth-order valence-electron chi connectivity index (χ4n) is 4.55. The van der Waals surface area contributed by atoms with E-state index in [1.807, 2.05) is 13.0 Å². The number of hydrogen-bond acceptors (Lipinski definition) is 5. The Labute approximate surface area is 185 Å². The monoisotopic (exact) mass is 454 g/mol. The molecule has 3 unspecified atom stereocenters. The van der Waals surface area contributed by atoms with Crippen molar-refractivity contribution in [1.29, 1.82) is 0 Å². The van der Waals surface area contributed by atoms with E-state index in [0.717, 1.165) is 37.7 Å². The largest absolute Gasteiger partial charge is 0.344 e. The molecule has 2 heterocycles. The normalized spacial score (nSPS) is 24.9. The van der Waals surface area contributed by atoms with Crippen LogP contribution in [0.3, 0.4) is 0 Å². The predicted molar refractivity (Wildman–Crippen MR) is 119 cm³/mol. The first kappa shape index (κ1) is 24.1. The second-order valence-corrected chi connectivity index (χ2v) is 10.7. The van der Waals surface area contributed by atoms with Crippen LogP contribution in [0.25, 0.3) is 0 Å². The summed E-state index contributed by atoms with van der Waals surface area (Å²) in [6, 6.07) is 6.37. The summed E-state index contributed by atoms with van der Waals surface area (Å²) in [7, 11) is -1.63. The van der Waals surface area contributed by atoms with E-state index >= 15 is 0 Å². The second kappa shape index (κ2) is 10.8. The molecule has 31 heavy (non-hydrogen) atoms. The van der Waals surface area contributed by atoms with Crippen LogP contribution in [0.2, 0.25) is 0 Å². The van der Waals surface area contributed by atoms with Gasteiger partial charge in [-0.05, 0) is 56.2 Å². The van der Waals surface area contributed by atoms with Gasteiger partial charge in [0.05, 0.1) is 5.75 Å². The van der Waals surface area contributed by atoms with Crippen LogP contribution in [0.4, 0.5) is 4.39 Å². The molecule has 0 aliphatic carbocycles. The van der Waals surface area contributed by atoms with Crippen molar-refractivity contribution >= 4 is 15.9 Å². The number of hydrogen-bond donors (Lipinski definition) is 2. The molecule has 2 aliphatic heterocycles. The Balaban J connectivity index is 1.48. The van der Waals surface area contributed by atoms with Crippen LogP contribution in [0.5, 0.6) is 0 Å². The van der Waals surface area contributed by atoms with Gasteiger partial charge < -0.3 is 4.90 Å². The van der Waals surface area contributed by atoms with Crippen LogP contribution in [0.15, 0.2) is 24.3 Å². The third-order valence-electron chi connectivity index (χ3n) is 6.21. The molecule has 0 spiro atoms. The first-order valence-corrected chi connectivity index (χ1v) is 12.9. The Morgan fingerprint density at radius 3 is 2.84 bits per heavy atom. The zero-order valence-corrected chi connectivity index (χ0v) is 19.3. The van der Waals surface area contributed by atoms with E-state index in [1.54, 1.807) is 24.1 Å². The Morgan fingerprint density at radius 1 is 1.29 bits per heavy atom. The lowest BCUT2D eigenvalue weighted by Gasteiger charge is -2.35. The van der Waals surface area contributed by atoms with Gasteiger partial charge >= 0.3 is 0 Å². The van der Waals surface area contributed by atoms with Crippen molar-refractivity contribution in [2.75, 3.05) is 25.9 Å². The molecular formula is C22H35FN4O3S. The van der Waals surface area contributed by atoms with Gasteiger partial charge in [-0.3, -0.25) is 15.6 Å². The van der Waals surface area contributed by atoms with Gasteiger partial charge in [-0.25, -0.2) is 12.8 Å². The van der Waals surface area contributed by atoms with Crippen molar-refractivity contribution < 1.29 is 17.6 Å². The number of nitrogens with zero attached hydrogens (tertiary/aromatic N) is 2. The lowest BCUT2D eigenvalue weighted by Crippen LogP contribution is -2.52. The molecular weight excluding hydrogens is 419 g/mol. The number of hydrazine groups is 1. The number of nitrogens with one attached hydrogen (secondary N) is 2. The summed E-state index contributed by atoms with van der Waals surface area (Å²) in [5.41, 5.74) is 7.42. The standard InChI is InChI=1S/C22H35FN4O3S/c1-3-14-31(29,30)27-13-5-4-11-21(27)22(28)26(2)12-7-10-19-16-20(25-24-19)17-8-6-9-18(23)15-17/h6,8-9,15,19-21,24-25H,3-5,7,10-14,16H2,1-2H3. The summed E-state index contributed by atoms with van der Waals surface area (Å²) in [6.45, 7) is 2.86. The van der Waals surface area contributed by atoms with Gasteiger partial charge in [0, 0.05) is 32.2 Å². The molecule has 0 radical (unpaired) electrons. The molecule has 0 aromatic heterocycles. The minimum absolute atomic E-state index is 0.0691. The minimum Gasteiger partial charge on any atom is -0.344 e. The van der Waals surface area contributed by atoms with Gasteiger partial charge in [-0.2, -0.15) is 4.31 Å². The maximum Gasteiger partial charge on any atom is 0.240 e. The first-order chi connectivity index (χ1) is 14.8. The molecule has 9 heteroatoms. The summed E-state index contributed by atoms with van der Waals surface area (Å²) < 4.78 is 40.1. The zero-order valence-electron chi connectivity index (χ0n) is 18.5. The molecule has 2 fully saturated rings. The molecule has 2 saturated heterocycles. The van der Waals surface area contributed by atoms with E-state index in [0.29, 0.717) is 25.9 Å². The summed E-state index contributed by atoms with van der Waals surface area (Å²) in [4.78, 5) is 14.7. The molecule has 7 nitrogen and oxygen atoms in total. The van der Waals surface area contributed by atoms with Gasteiger partial charge in [0.1, 0.15) is 11.9 Å². The van der Waals surface area contributed by atoms with Crippen LogP contribution in [0, 0.1) is 5.82 Å². The number of piperidine rings is 1. The van der Waals surface area contributed by atoms with E-state index in [4.69, 9.17) is 0 Å². The predicted octanol–water partition coefficient (Wildman–Crippen LogP) is 2.57. The highest BCUT2D eigenvalue weighted by molar-refractivity contribution is 7.89. The van der Waals surface area contributed by atoms with E-state index in [9.17, 15) is 17.6 Å². The third-order valence-corrected chi connectivity index (χ3v) is 8.29. The third kappa shape index (κ3) is 6.25. The number of amides is 1. The summed E-state index contributed by atoms with van der Waals surface area (Å²) in [5.74, 6) is -0.247. The van der Waals surface area contributed by atoms with Gasteiger partial charge in [0.15, 0.2) is 0 Å². The minimum atomic E-state index is -3.39. The summed E-state index contributed by atoms with van der Waals surface area (Å²) >= 11 is 0. The van der Waals surface area contributed by atoms with Crippen LogP contribution in [-0.2, 0) is 14.8 Å². The number of carbonyl (C=O) groups is 1. The van der Waals surface area contributed by atoms with Gasteiger partial charge in [0.25, 0.3) is 0 Å². The Morgan fingerprint density at radius 2 is 2.10 bits per heavy atom. The molecule has 3 rings (SSSR count). The van der Waals surface area contributed by atoms with Gasteiger partial charge in [-0.15, -0.1) is 0 Å². The van der Waals surface area contributed by atoms with E-state index in [-0.39, 0.29) is 29.6 Å². The SMILES string of the molecule is CCCS(=O)(=O)N1CCCCC1C(=O)N(C)CCCC1CC(c2cccc(F)c2)NN1. The number of rotatable bonds is 9. The van der Waals surface area contributed by atoms with Crippen molar-refractivity contribution in [3.8, 4) is 0 Å². The molecule has 174 valence electrons. The maximum atomic E-state index is 13.5. The molecule has 1 amide bonds. The van der Waals surface area contributed by atoms with Crippen LogP contribution in [0.1, 0.15) is 63.5 Å². The number of likely N-dealkylation sites (N-methyl/N-ethyl adjacent to an activating group) is 1. The Kier molecular flexibility index (Phi) is 8.43. The lowest BCUT2D eigenvalue weighted by molar-refractivity contribution is -0.135. The maximum absolute atomic E-state index is 13.5. The number of benzene rings is 1. The number of carbonyl (C=O) groups excluding carboxylic acids is 1. The van der Waals surface area contributed by atoms with E-state index < -0.39 is 16.1 Å². The van der Waals surface area contributed by atoms with Gasteiger partial charge in [0.2, 0.25) is 15.9 Å². The van der Waals surface area contributed by atoms with Crippen molar-refractivity contribution in [3.63, 3.8) is 0 Å². The highest BCUT2D eigenvalue weighted by atomic mass is 32.2. The van der Waals surface area contributed by atoms with E-state index in [2.05, 4.69) is 10.9 Å². The number of sulfonamides is 1. The fourth-order valence-corrected chi connectivity index (χ4v) is 6.29. The van der Waals surface area contributed by atoms with Crippen LogP contribution >= 0.6 is 0 Å².